The van der Waals surface area contributed by atoms with Gasteiger partial charge < -0.3 is 73.8 Å². The lowest BCUT2D eigenvalue weighted by molar-refractivity contribution is -0.143. The fourth-order valence-electron chi connectivity index (χ4n) is 26.3. The largest absolute Gasteiger partial charge is 0.481 e. The molecule has 11 amide bonds. The first kappa shape index (κ1) is 123. The molecule has 143 heavy (non-hydrogen) atoms. The van der Waals surface area contributed by atoms with Gasteiger partial charge in [-0.1, -0.05) is 203 Å². The van der Waals surface area contributed by atoms with E-state index in [0.717, 1.165) is 108 Å². The van der Waals surface area contributed by atoms with Gasteiger partial charge in [-0.3, -0.25) is 38.4 Å². The first-order valence-electron chi connectivity index (χ1n) is 54.5. The average Bonchev–Trinajstić information content (AvgIpc) is 0.812. The van der Waals surface area contributed by atoms with E-state index < -0.39 is 29.7 Å². The molecule has 29 nitrogen and oxygen atoms in total. The average molecular weight is 2000 g/mol. The van der Waals surface area contributed by atoms with Crippen molar-refractivity contribution in [1.82, 2.24) is 58.5 Å². The number of amides is 11. The molecule has 0 saturated heterocycles. The predicted octanol–water partition coefficient (Wildman–Crippen LogP) is 21.9. The van der Waals surface area contributed by atoms with E-state index in [-0.39, 0.29) is 234 Å². The van der Waals surface area contributed by atoms with Crippen LogP contribution in [-0.4, -0.2) is 173 Å². The Hall–Kier alpha value is -8.79. The fourth-order valence-corrected chi connectivity index (χ4v) is 26.3. The molecule has 6 rings (SSSR count). The molecule has 1 aromatic rings. The zero-order valence-electron chi connectivity index (χ0n) is 92.0. The van der Waals surface area contributed by atoms with Gasteiger partial charge in [0.15, 0.2) is 0 Å². The minimum atomic E-state index is -1.37. The molecule has 1 aromatic carbocycles. The molecule has 5 aliphatic carbocycles. The predicted molar refractivity (Wildman–Crippen MR) is 564 cm³/mol. The molecule has 0 bridgehead atoms. The zero-order valence-corrected chi connectivity index (χ0v) is 92.0. The van der Waals surface area contributed by atoms with Crippen LogP contribution >= 0.6 is 0 Å². The maximum absolute atomic E-state index is 13.7. The smallest absolute Gasteiger partial charge is 0.336 e. The van der Waals surface area contributed by atoms with Crippen LogP contribution in [0.25, 0.3) is 0 Å². The van der Waals surface area contributed by atoms with Crippen molar-refractivity contribution in [1.29, 1.82) is 0 Å². The van der Waals surface area contributed by atoms with Gasteiger partial charge in [0.05, 0.1) is 22.6 Å². The highest BCUT2D eigenvalue weighted by atomic mass is 16.4. The second-order valence-electron chi connectivity index (χ2n) is 52.1. The maximum atomic E-state index is 13.7. The summed E-state index contributed by atoms with van der Waals surface area (Å²) in [6.07, 6.45) is 32.2. The molecule has 5 fully saturated rings. The Kier molecular flexibility index (Phi) is 48.0. The number of unbranched alkanes of at least 4 members (excludes halogenated alkanes) is 7. The van der Waals surface area contributed by atoms with E-state index in [0.29, 0.717) is 142 Å². The Morgan fingerprint density at radius 3 is 0.832 bits per heavy atom. The van der Waals surface area contributed by atoms with Crippen LogP contribution in [0.3, 0.4) is 0 Å². The summed E-state index contributed by atoms with van der Waals surface area (Å²) in [6.45, 7) is 48.4. The van der Waals surface area contributed by atoms with Crippen molar-refractivity contribution in [2.45, 2.75) is 446 Å². The van der Waals surface area contributed by atoms with Gasteiger partial charge in [-0.05, 0) is 256 Å². The van der Waals surface area contributed by atoms with E-state index in [1.54, 1.807) is 6.92 Å². The maximum Gasteiger partial charge on any atom is 0.336 e. The van der Waals surface area contributed by atoms with Crippen molar-refractivity contribution in [3.8, 4) is 0 Å². The fraction of sp³-hybridized carbons (Fsp3) is 0.798. The normalized spacial score (nSPS) is 25.7. The number of allylic oxidation sites excluding steroid dienone is 2. The topological polar surface area (TPSA) is 449 Å². The standard InChI is InChI=1S/C114H191N11O18/c1-23-24-25-26-27-28-29-30-31-32-33-81(97(133)134)52-93(131)51-80(7)69-120-104(143)125-87-58-109(16,17)74-114(22,63-87)45-40-92(130)50-79(6)68-119-103(142)124-86-57-108(14,15)73-113(21,62-86)44-39-91(129)49-78(5)67-118-102(141)123-85-56-107(12,13)72-112(20,61-85)43-38-90(128)48-77(4)66-117-101(140)122-84-55-106(10,11)71-111(19,60-84)42-37-89(127)47-76(3)65-116-100(139)121-83-54-105(8,9)70-110(18,59-83)41-36-88(126)46-75(2)64-115-96(132)95-53-82(98(135)136)34-35-94(95)99(137)138/h31-32,34-35,53,75-81,83-87H,23-30,33,36-52,54-74H2,1-22H3,(H,115,132)(H,133,134)(H,135,136)(H,137,138)(H2,116,121,139)(H2,117,122,140)(H2,118,123,141)(H2,119,124,142)(H2,120,125,143)/b32-31-. The number of carboxylic acid groups (broad SMARTS) is 3. The molecule has 0 aliphatic heterocycles. The van der Waals surface area contributed by atoms with Crippen LogP contribution in [0.4, 0.5) is 24.0 Å². The second kappa shape index (κ2) is 55.8. The van der Waals surface area contributed by atoms with E-state index in [2.05, 4.69) is 169 Å². The number of benzene rings is 1. The van der Waals surface area contributed by atoms with Gasteiger partial charge in [0.2, 0.25) is 0 Å². The number of nitrogens with one attached hydrogen (secondary N) is 11. The lowest BCUT2D eigenvalue weighted by Crippen LogP contribution is -2.50. The molecule has 17 atom stereocenters. The molecule has 810 valence electrons. The summed E-state index contributed by atoms with van der Waals surface area (Å²) in [5, 5.41) is 62.7. The zero-order chi connectivity index (χ0) is 107. The number of carboxylic acids is 3. The molecule has 0 heterocycles. The number of hydrogen-bond acceptors (Lipinski definition) is 15. The van der Waals surface area contributed by atoms with Gasteiger partial charge in [0.25, 0.3) is 5.91 Å². The van der Waals surface area contributed by atoms with Crippen molar-refractivity contribution in [3.63, 3.8) is 0 Å². The number of aromatic carboxylic acids is 2. The highest BCUT2D eigenvalue weighted by molar-refractivity contribution is 6.06. The number of aliphatic carboxylic acids is 1. The Morgan fingerprint density at radius 1 is 0.315 bits per heavy atom. The molecular weight excluding hydrogens is 1810 g/mol. The van der Waals surface area contributed by atoms with E-state index in [1.165, 1.54) is 38.5 Å². The van der Waals surface area contributed by atoms with Gasteiger partial charge in [0.1, 0.15) is 34.7 Å². The molecule has 14 N–H and O–H groups in total. The van der Waals surface area contributed by atoms with Crippen LogP contribution in [-0.2, 0) is 33.6 Å². The molecule has 5 saturated carbocycles. The van der Waals surface area contributed by atoms with E-state index >= 15 is 0 Å². The van der Waals surface area contributed by atoms with Crippen LogP contribution in [0.1, 0.15) is 447 Å². The third-order valence-electron chi connectivity index (χ3n) is 31.2. The first-order valence-corrected chi connectivity index (χ1v) is 54.5. The third kappa shape index (κ3) is 47.3. The van der Waals surface area contributed by atoms with Crippen LogP contribution in [0, 0.1) is 95.6 Å². The van der Waals surface area contributed by atoms with Gasteiger partial charge in [-0.2, -0.15) is 0 Å². The highest BCUT2D eigenvalue weighted by Crippen LogP contribution is 2.54. The van der Waals surface area contributed by atoms with Crippen molar-refractivity contribution < 1.29 is 87.2 Å². The number of carbonyl (C=O) groups is 15. The summed E-state index contributed by atoms with van der Waals surface area (Å²) in [5.41, 5.74) is -2.40. The Bertz CT molecular complexity index is 4460. The summed E-state index contributed by atoms with van der Waals surface area (Å²) >= 11 is 0. The second-order valence-corrected chi connectivity index (χ2v) is 52.1. The van der Waals surface area contributed by atoms with Crippen molar-refractivity contribution in [3.05, 3.63) is 47.0 Å². The Balaban J connectivity index is 0.819. The number of rotatable bonds is 60. The quantitative estimate of drug-likeness (QED) is 0.0213. The van der Waals surface area contributed by atoms with Gasteiger partial charge in [-0.25, -0.2) is 33.6 Å². The number of Topliss-reactive ketones (excluding diaryl/α,β-unsaturated/α-hetero) is 6. The van der Waals surface area contributed by atoms with Gasteiger partial charge >= 0.3 is 48.1 Å². The summed E-state index contributed by atoms with van der Waals surface area (Å²) in [5.74, 6) is -5.62. The summed E-state index contributed by atoms with van der Waals surface area (Å²) in [7, 11) is 0. The molecule has 0 aromatic heterocycles. The Morgan fingerprint density at radius 2 is 0.573 bits per heavy atom. The molecule has 0 spiro atoms. The van der Waals surface area contributed by atoms with Crippen LogP contribution < -0.4 is 58.5 Å². The minimum Gasteiger partial charge on any atom is -0.481 e. The van der Waals surface area contributed by atoms with Crippen LogP contribution in [0.5, 0.6) is 0 Å². The van der Waals surface area contributed by atoms with Crippen LogP contribution in [0.2, 0.25) is 0 Å². The number of urea groups is 5. The number of carbonyl (C=O) groups excluding carboxylic acids is 12. The molecule has 29 heteroatoms. The Labute approximate surface area is 857 Å². The molecule has 0 radical (unpaired) electrons. The minimum absolute atomic E-state index is 0.0121. The summed E-state index contributed by atoms with van der Waals surface area (Å²) in [4.78, 5) is 197. The first-order chi connectivity index (χ1) is 66.4. The SMILES string of the molecule is CCCCCCCCC/C=C\CC(CC(=O)CC(C)CNC(=O)NC1CC(C)(C)CC(C)(CCC(=O)CC(C)CNC(=O)NC2CC(C)(C)CC(C)(CCC(=O)CC(C)CNC(=O)NC3CC(C)(C)CC(C)(CCC(=O)CC(C)CNC(=O)NC4CC(C)(C)CC(C)(CCC(=O)CC(C)CNC(=O)NC5CC(C)(C)CC(C)(CCC(=O)CC(C)CNC(=O)c6cc(C(=O)O)ccc6C(=O)O)C5)C4)C3)C2)C1)C(=O)O. The highest BCUT2D eigenvalue weighted by Gasteiger charge is 2.48. The molecular formula is C114H191N11O18. The summed E-state index contributed by atoms with van der Waals surface area (Å²) in [6, 6.07) is 1.17. The van der Waals surface area contributed by atoms with Crippen LogP contribution in [0.15, 0.2) is 30.4 Å². The third-order valence-corrected chi connectivity index (χ3v) is 31.2. The number of hydrogen-bond donors (Lipinski definition) is 14. The lowest BCUT2D eigenvalue weighted by Gasteiger charge is -2.47. The van der Waals surface area contributed by atoms with E-state index in [4.69, 9.17) is 0 Å². The van der Waals surface area contributed by atoms with Crippen molar-refractivity contribution in [2.24, 2.45) is 95.6 Å². The van der Waals surface area contributed by atoms with E-state index in [1.807, 2.05) is 46.8 Å². The summed E-state index contributed by atoms with van der Waals surface area (Å²) < 4.78 is 0. The van der Waals surface area contributed by atoms with Crippen molar-refractivity contribution >= 4 is 88.7 Å². The van der Waals surface area contributed by atoms with Gasteiger partial charge in [-0.15, -0.1) is 0 Å². The monoisotopic (exact) mass is 2000 g/mol. The van der Waals surface area contributed by atoms with E-state index in [9.17, 15) is 87.2 Å². The lowest BCUT2D eigenvalue weighted by atomic mass is 9.61. The number of ketones is 6. The molecule has 17 unspecified atom stereocenters. The molecule has 5 aliphatic rings. The van der Waals surface area contributed by atoms with Gasteiger partial charge in [0, 0.05) is 147 Å². The van der Waals surface area contributed by atoms with Crippen molar-refractivity contribution in [2.75, 3.05) is 39.3 Å².